The van der Waals surface area contributed by atoms with Crippen molar-refractivity contribution in [3.63, 3.8) is 0 Å². The third-order valence-corrected chi connectivity index (χ3v) is 10.9. The molecule has 0 bridgehead atoms. The summed E-state index contributed by atoms with van der Waals surface area (Å²) in [6.07, 6.45) is 0. The molecule has 0 saturated carbocycles. The summed E-state index contributed by atoms with van der Waals surface area (Å²) in [6.45, 7) is 0. The molecule has 2 aliphatic heterocycles. The molecule has 0 amide bonds. The minimum Gasteiger partial charge on any atom is -0.457 e. The van der Waals surface area contributed by atoms with Crippen LogP contribution in [0.25, 0.3) is 49.7 Å². The van der Waals surface area contributed by atoms with E-state index in [1.165, 1.54) is 16.3 Å². The first-order valence-corrected chi connectivity index (χ1v) is 17.8. The highest BCUT2D eigenvalue weighted by Gasteiger charge is 2.53. The number of fused-ring (bicyclic) bond motifs is 11. The Balaban J connectivity index is 1.34. The van der Waals surface area contributed by atoms with Crippen molar-refractivity contribution in [2.45, 2.75) is 5.41 Å². The van der Waals surface area contributed by atoms with Gasteiger partial charge in [-0.15, -0.1) is 0 Å². The number of hydrogen-bond acceptors (Lipinski definition) is 2. The van der Waals surface area contributed by atoms with Crippen LogP contribution in [-0.4, -0.2) is 4.57 Å². The van der Waals surface area contributed by atoms with E-state index >= 15 is 0 Å². The number of para-hydroxylation sites is 5. The molecule has 52 heavy (non-hydrogen) atoms. The number of benzene rings is 8. The predicted octanol–water partition coefficient (Wildman–Crippen LogP) is 12.7. The Kier molecular flexibility index (Phi) is 6.17. The topological polar surface area (TPSA) is 23.4 Å². The Labute approximate surface area is 301 Å². The number of nitrogens with zero attached hydrogens (tertiary/aromatic N) is 1. The van der Waals surface area contributed by atoms with Gasteiger partial charge in [0.15, 0.2) is 0 Å². The van der Waals surface area contributed by atoms with Gasteiger partial charge in [-0.1, -0.05) is 146 Å². The van der Waals surface area contributed by atoms with E-state index in [4.69, 9.17) is 9.47 Å². The van der Waals surface area contributed by atoms with Crippen LogP contribution in [0.2, 0.25) is 0 Å². The van der Waals surface area contributed by atoms with Crippen molar-refractivity contribution in [2.24, 2.45) is 0 Å². The summed E-state index contributed by atoms with van der Waals surface area (Å²) in [5.41, 5.74) is 11.6. The molecule has 3 nitrogen and oxygen atoms in total. The molecule has 8 aromatic carbocycles. The third kappa shape index (κ3) is 3.91. The van der Waals surface area contributed by atoms with Gasteiger partial charge >= 0.3 is 0 Å². The SMILES string of the molecule is c1ccc(-c2cccc3c2C2(c4ccccc4Oc4ccccc42)c2c(cccc2-c2cccc4c5ccccc5n(-c5ccccc5)c24)O3)cc1. The second kappa shape index (κ2) is 11.1. The molecular formula is C49H31NO2. The van der Waals surface area contributed by atoms with Crippen LogP contribution in [0.4, 0.5) is 0 Å². The van der Waals surface area contributed by atoms with Crippen LogP contribution < -0.4 is 9.47 Å². The summed E-state index contributed by atoms with van der Waals surface area (Å²) in [6, 6.07) is 66.9. The third-order valence-electron chi connectivity index (χ3n) is 10.9. The lowest BCUT2D eigenvalue weighted by atomic mass is 9.59. The average Bonchev–Trinajstić information content (AvgIpc) is 3.56. The van der Waals surface area contributed by atoms with Crippen molar-refractivity contribution in [1.29, 1.82) is 0 Å². The van der Waals surface area contributed by atoms with Crippen LogP contribution in [0.5, 0.6) is 23.0 Å². The van der Waals surface area contributed by atoms with Crippen LogP contribution in [0, 0.1) is 0 Å². The summed E-state index contributed by atoms with van der Waals surface area (Å²) in [5.74, 6) is 3.36. The number of hydrogen-bond donors (Lipinski definition) is 0. The Morgan fingerprint density at radius 1 is 0.365 bits per heavy atom. The van der Waals surface area contributed by atoms with E-state index in [0.29, 0.717) is 0 Å². The summed E-state index contributed by atoms with van der Waals surface area (Å²) in [7, 11) is 0. The molecule has 3 heterocycles. The fourth-order valence-electron chi connectivity index (χ4n) is 8.95. The highest BCUT2D eigenvalue weighted by molar-refractivity contribution is 6.14. The largest absolute Gasteiger partial charge is 0.457 e. The van der Waals surface area contributed by atoms with Gasteiger partial charge < -0.3 is 14.0 Å². The maximum absolute atomic E-state index is 7.10. The first-order chi connectivity index (χ1) is 25.8. The van der Waals surface area contributed by atoms with Crippen LogP contribution in [0.1, 0.15) is 22.3 Å². The summed E-state index contributed by atoms with van der Waals surface area (Å²) in [5, 5.41) is 2.43. The molecule has 244 valence electrons. The first-order valence-electron chi connectivity index (χ1n) is 17.8. The summed E-state index contributed by atoms with van der Waals surface area (Å²) >= 11 is 0. The highest BCUT2D eigenvalue weighted by Crippen LogP contribution is 2.65. The van der Waals surface area contributed by atoms with Gasteiger partial charge in [0.05, 0.1) is 16.4 Å². The molecule has 2 aliphatic rings. The van der Waals surface area contributed by atoms with Crippen molar-refractivity contribution in [1.82, 2.24) is 4.57 Å². The molecule has 0 atom stereocenters. The zero-order valence-electron chi connectivity index (χ0n) is 28.2. The van der Waals surface area contributed by atoms with E-state index in [1.807, 2.05) is 0 Å². The Hall–Kier alpha value is -6.84. The predicted molar refractivity (Wildman–Crippen MR) is 210 cm³/mol. The fraction of sp³-hybridized carbons (Fsp3) is 0.0204. The minimum absolute atomic E-state index is 0.789. The monoisotopic (exact) mass is 665 g/mol. The average molecular weight is 666 g/mol. The Bertz CT molecular complexity index is 2810. The fourth-order valence-corrected chi connectivity index (χ4v) is 8.95. The van der Waals surface area contributed by atoms with Gasteiger partial charge in [0, 0.05) is 44.3 Å². The first kappa shape index (κ1) is 28.9. The second-order valence-electron chi connectivity index (χ2n) is 13.6. The molecule has 11 rings (SSSR count). The maximum atomic E-state index is 7.10. The highest BCUT2D eigenvalue weighted by atomic mass is 16.5. The summed E-state index contributed by atoms with van der Waals surface area (Å²) < 4.78 is 16.3. The summed E-state index contributed by atoms with van der Waals surface area (Å²) in [4.78, 5) is 0. The van der Waals surface area contributed by atoms with Gasteiger partial charge in [0.25, 0.3) is 0 Å². The standard InChI is InChI=1S/C49H31NO2/c1-3-16-32(17-4-1)34-21-14-30-44-46(34)49(39-25-8-11-28-42(39)51-43-29-12-9-26-40(43)49)47-36(22-15-31-45(47)52-44)38-24-13-23-37-35-20-7-10-27-41(35)50(48(37)38)33-18-5-2-6-19-33/h1-31H. The van der Waals surface area contributed by atoms with Gasteiger partial charge in [-0.25, -0.2) is 0 Å². The molecule has 0 unspecified atom stereocenters. The quantitative estimate of drug-likeness (QED) is 0.187. The second-order valence-corrected chi connectivity index (χ2v) is 13.6. The van der Waals surface area contributed by atoms with Gasteiger partial charge in [-0.2, -0.15) is 0 Å². The van der Waals surface area contributed by atoms with Crippen LogP contribution >= 0.6 is 0 Å². The van der Waals surface area contributed by atoms with Crippen LogP contribution in [0.3, 0.4) is 0 Å². The van der Waals surface area contributed by atoms with Crippen molar-refractivity contribution in [2.75, 3.05) is 0 Å². The minimum atomic E-state index is -0.789. The zero-order valence-corrected chi connectivity index (χ0v) is 28.2. The molecule has 0 N–H and O–H groups in total. The molecule has 0 radical (unpaired) electrons. The molecule has 1 spiro atoms. The van der Waals surface area contributed by atoms with Crippen molar-refractivity contribution in [3.8, 4) is 50.9 Å². The number of aromatic nitrogens is 1. The molecule has 1 aromatic heterocycles. The molecule has 0 fully saturated rings. The number of rotatable bonds is 3. The van der Waals surface area contributed by atoms with Gasteiger partial charge in [-0.05, 0) is 59.2 Å². The Morgan fingerprint density at radius 3 is 1.60 bits per heavy atom. The van der Waals surface area contributed by atoms with Crippen molar-refractivity contribution in [3.05, 3.63) is 210 Å². The molecule has 0 saturated heterocycles. The van der Waals surface area contributed by atoms with E-state index in [-0.39, 0.29) is 0 Å². The molecule has 0 aliphatic carbocycles. The lowest BCUT2D eigenvalue weighted by Crippen LogP contribution is -2.38. The molecule has 9 aromatic rings. The lowest BCUT2D eigenvalue weighted by Gasteiger charge is -2.46. The van der Waals surface area contributed by atoms with Crippen LogP contribution in [0.15, 0.2) is 188 Å². The van der Waals surface area contributed by atoms with E-state index < -0.39 is 5.41 Å². The lowest BCUT2D eigenvalue weighted by molar-refractivity contribution is 0.400. The maximum Gasteiger partial charge on any atom is 0.132 e. The van der Waals surface area contributed by atoms with Crippen LogP contribution in [-0.2, 0) is 5.41 Å². The number of ether oxygens (including phenoxy) is 2. The van der Waals surface area contributed by atoms with Gasteiger partial charge in [0.2, 0.25) is 0 Å². The zero-order chi connectivity index (χ0) is 34.2. The molecule has 3 heteroatoms. The van der Waals surface area contributed by atoms with Crippen molar-refractivity contribution >= 4 is 21.8 Å². The van der Waals surface area contributed by atoms with E-state index in [1.54, 1.807) is 0 Å². The molecular weight excluding hydrogens is 635 g/mol. The van der Waals surface area contributed by atoms with Gasteiger partial charge in [0.1, 0.15) is 23.0 Å². The Morgan fingerprint density at radius 2 is 0.865 bits per heavy atom. The van der Waals surface area contributed by atoms with E-state index in [2.05, 4.69) is 193 Å². The van der Waals surface area contributed by atoms with Gasteiger partial charge in [-0.3, -0.25) is 0 Å². The van der Waals surface area contributed by atoms with Crippen molar-refractivity contribution < 1.29 is 9.47 Å². The van der Waals surface area contributed by atoms with E-state index in [9.17, 15) is 0 Å². The smallest absolute Gasteiger partial charge is 0.132 e. The van der Waals surface area contributed by atoms with E-state index in [0.717, 1.165) is 78.7 Å². The normalized spacial score (nSPS) is 13.5.